The molecule has 1 heterocycles. The number of hydrogen-bond donors (Lipinski definition) is 1. The number of carbonyl (C=O) groups is 1. The summed E-state index contributed by atoms with van der Waals surface area (Å²) in [6.07, 6.45) is 6.80. The van der Waals surface area contributed by atoms with Crippen molar-refractivity contribution < 1.29 is 9.53 Å². The normalized spacial score (nSPS) is 36.6. The van der Waals surface area contributed by atoms with Crippen molar-refractivity contribution in [3.05, 3.63) is 0 Å². The van der Waals surface area contributed by atoms with Crippen molar-refractivity contribution in [3.8, 4) is 0 Å². The Balaban J connectivity index is 2.05. The van der Waals surface area contributed by atoms with E-state index in [4.69, 9.17) is 4.74 Å². The molecule has 0 spiro atoms. The van der Waals surface area contributed by atoms with Crippen molar-refractivity contribution in [1.29, 1.82) is 0 Å². The summed E-state index contributed by atoms with van der Waals surface area (Å²) in [5.74, 6) is 0.303. The second kappa shape index (κ2) is 6.02. The van der Waals surface area contributed by atoms with E-state index in [0.717, 1.165) is 38.5 Å². The molecule has 1 N–H and O–H groups in total. The van der Waals surface area contributed by atoms with Crippen molar-refractivity contribution in [2.45, 2.75) is 76.7 Å². The van der Waals surface area contributed by atoms with Gasteiger partial charge in [0.1, 0.15) is 0 Å². The molecular formula is C14H26N2O2. The summed E-state index contributed by atoms with van der Waals surface area (Å²) in [6.45, 7) is 4.25. The quantitative estimate of drug-likeness (QED) is 0.814. The van der Waals surface area contributed by atoms with Crippen molar-refractivity contribution >= 4 is 5.91 Å². The van der Waals surface area contributed by atoms with Gasteiger partial charge in [-0.1, -0.05) is 20.3 Å². The molecule has 1 aliphatic heterocycles. The molecule has 4 unspecified atom stereocenters. The number of amides is 1. The molecule has 0 bridgehead atoms. The summed E-state index contributed by atoms with van der Waals surface area (Å²) in [5.41, 5.74) is 0. The number of nitrogens with zero attached hydrogens (tertiary/aromatic N) is 1. The van der Waals surface area contributed by atoms with Crippen LogP contribution in [0.15, 0.2) is 0 Å². The molecule has 2 rings (SSSR count). The van der Waals surface area contributed by atoms with E-state index in [1.165, 1.54) is 0 Å². The maximum atomic E-state index is 12.4. The Hall–Kier alpha value is -0.610. The van der Waals surface area contributed by atoms with Crippen molar-refractivity contribution in [2.75, 3.05) is 7.11 Å². The molecule has 1 saturated carbocycles. The van der Waals surface area contributed by atoms with E-state index in [1.54, 1.807) is 7.11 Å². The van der Waals surface area contributed by atoms with Crippen LogP contribution in [0.4, 0.5) is 0 Å². The fraction of sp³-hybridized carbons (Fsp3) is 0.929. The van der Waals surface area contributed by atoms with Gasteiger partial charge in [0, 0.05) is 13.2 Å². The Kier molecular flexibility index (Phi) is 4.62. The van der Waals surface area contributed by atoms with Gasteiger partial charge in [-0.3, -0.25) is 10.1 Å². The molecular weight excluding hydrogens is 228 g/mol. The minimum Gasteiger partial charge on any atom is -0.381 e. The fourth-order valence-electron chi connectivity index (χ4n) is 3.32. The summed E-state index contributed by atoms with van der Waals surface area (Å²) in [7, 11) is 1.77. The lowest BCUT2D eigenvalue weighted by molar-refractivity contribution is -0.132. The van der Waals surface area contributed by atoms with Gasteiger partial charge in [0.15, 0.2) is 0 Å². The van der Waals surface area contributed by atoms with Crippen LogP contribution in [0.1, 0.15) is 52.4 Å². The van der Waals surface area contributed by atoms with E-state index in [1.807, 2.05) is 0 Å². The van der Waals surface area contributed by atoms with Crippen molar-refractivity contribution in [2.24, 2.45) is 0 Å². The zero-order chi connectivity index (χ0) is 13.1. The van der Waals surface area contributed by atoms with Crippen LogP contribution in [0.25, 0.3) is 0 Å². The van der Waals surface area contributed by atoms with E-state index in [9.17, 15) is 4.79 Å². The molecule has 0 aromatic rings. The first-order chi connectivity index (χ1) is 8.71. The largest absolute Gasteiger partial charge is 0.381 e. The van der Waals surface area contributed by atoms with Gasteiger partial charge in [-0.15, -0.1) is 0 Å². The number of nitrogens with one attached hydrogen (secondary N) is 1. The summed E-state index contributed by atoms with van der Waals surface area (Å²) >= 11 is 0. The molecule has 0 radical (unpaired) electrons. The first-order valence-corrected chi connectivity index (χ1v) is 7.32. The average Bonchev–Trinajstić information content (AvgIpc) is 2.94. The molecule has 18 heavy (non-hydrogen) atoms. The van der Waals surface area contributed by atoms with Gasteiger partial charge in [0.2, 0.25) is 5.91 Å². The van der Waals surface area contributed by atoms with Crippen LogP contribution in [0.2, 0.25) is 0 Å². The van der Waals surface area contributed by atoms with Gasteiger partial charge in [-0.05, 0) is 32.1 Å². The van der Waals surface area contributed by atoms with E-state index in [2.05, 4.69) is 24.1 Å². The Labute approximate surface area is 110 Å². The third-order valence-electron chi connectivity index (χ3n) is 4.34. The first kappa shape index (κ1) is 13.8. The minimum atomic E-state index is 0.0307. The van der Waals surface area contributed by atoms with E-state index >= 15 is 0 Å². The number of methoxy groups -OCH3 is 1. The van der Waals surface area contributed by atoms with Crippen molar-refractivity contribution in [1.82, 2.24) is 10.2 Å². The summed E-state index contributed by atoms with van der Waals surface area (Å²) in [6, 6.07) is 0.409. The molecule has 0 aromatic heterocycles. The molecule has 2 fully saturated rings. The van der Waals surface area contributed by atoms with E-state index in [0.29, 0.717) is 18.1 Å². The Bertz CT molecular complexity index is 296. The van der Waals surface area contributed by atoms with Crippen molar-refractivity contribution in [3.63, 3.8) is 0 Å². The van der Waals surface area contributed by atoms with Gasteiger partial charge in [0.25, 0.3) is 0 Å². The molecule has 0 aromatic carbocycles. The summed E-state index contributed by atoms with van der Waals surface area (Å²) in [5, 5.41) is 3.49. The maximum Gasteiger partial charge on any atom is 0.241 e. The minimum absolute atomic E-state index is 0.0307. The topological polar surface area (TPSA) is 41.6 Å². The molecule has 2 aliphatic rings. The highest BCUT2D eigenvalue weighted by molar-refractivity contribution is 5.84. The lowest BCUT2D eigenvalue weighted by Crippen LogP contribution is -2.43. The second-order valence-corrected chi connectivity index (χ2v) is 5.50. The van der Waals surface area contributed by atoms with Crippen LogP contribution < -0.4 is 5.32 Å². The standard InChI is InChI=1S/C14H26N2O2/c1-4-6-13-15-12(5-2)14(17)16(13)10-7-8-11(9-10)18-3/h10-13,15H,4-9H2,1-3H3. The lowest BCUT2D eigenvalue weighted by Gasteiger charge is -2.30. The van der Waals surface area contributed by atoms with Gasteiger partial charge in [-0.25, -0.2) is 0 Å². The van der Waals surface area contributed by atoms with Gasteiger partial charge >= 0.3 is 0 Å². The highest BCUT2D eigenvalue weighted by Gasteiger charge is 2.43. The van der Waals surface area contributed by atoms with Crippen LogP contribution in [0.5, 0.6) is 0 Å². The Morgan fingerprint density at radius 3 is 2.72 bits per heavy atom. The lowest BCUT2D eigenvalue weighted by atomic mass is 10.1. The molecule has 1 aliphatic carbocycles. The summed E-state index contributed by atoms with van der Waals surface area (Å²) < 4.78 is 5.43. The van der Waals surface area contributed by atoms with Crippen LogP contribution in [0, 0.1) is 0 Å². The number of carbonyl (C=O) groups excluding carboxylic acids is 1. The SMILES string of the molecule is CCCC1NC(CC)C(=O)N1C1CCC(OC)C1. The monoisotopic (exact) mass is 254 g/mol. The van der Waals surface area contributed by atoms with Crippen LogP contribution in [0.3, 0.4) is 0 Å². The zero-order valence-corrected chi connectivity index (χ0v) is 11.8. The van der Waals surface area contributed by atoms with Gasteiger partial charge in [-0.2, -0.15) is 0 Å². The van der Waals surface area contributed by atoms with Crippen LogP contribution in [-0.2, 0) is 9.53 Å². The number of rotatable bonds is 5. The molecule has 4 nitrogen and oxygen atoms in total. The number of hydrogen-bond acceptors (Lipinski definition) is 3. The first-order valence-electron chi connectivity index (χ1n) is 7.32. The van der Waals surface area contributed by atoms with Gasteiger partial charge < -0.3 is 9.64 Å². The predicted molar refractivity (Wildman–Crippen MR) is 71.2 cm³/mol. The molecule has 4 heteroatoms. The highest BCUT2D eigenvalue weighted by atomic mass is 16.5. The van der Waals surface area contributed by atoms with Gasteiger partial charge in [0.05, 0.1) is 18.3 Å². The molecule has 1 amide bonds. The van der Waals surface area contributed by atoms with Crippen LogP contribution in [-0.4, -0.2) is 42.3 Å². The average molecular weight is 254 g/mol. The highest BCUT2D eigenvalue weighted by Crippen LogP contribution is 2.31. The molecule has 1 saturated heterocycles. The maximum absolute atomic E-state index is 12.4. The third-order valence-corrected chi connectivity index (χ3v) is 4.34. The predicted octanol–water partition coefficient (Wildman–Crippen LogP) is 1.89. The van der Waals surface area contributed by atoms with Crippen LogP contribution >= 0.6 is 0 Å². The second-order valence-electron chi connectivity index (χ2n) is 5.50. The smallest absolute Gasteiger partial charge is 0.241 e. The van der Waals surface area contributed by atoms with E-state index in [-0.39, 0.29) is 12.2 Å². The molecule has 104 valence electrons. The summed E-state index contributed by atoms with van der Waals surface area (Å²) in [4.78, 5) is 14.5. The Morgan fingerprint density at radius 2 is 2.17 bits per heavy atom. The van der Waals surface area contributed by atoms with E-state index < -0.39 is 0 Å². The fourth-order valence-corrected chi connectivity index (χ4v) is 3.32. The Morgan fingerprint density at radius 1 is 1.39 bits per heavy atom. The molecule has 4 atom stereocenters. The number of ether oxygens (including phenoxy) is 1. The third kappa shape index (κ3) is 2.54. The zero-order valence-electron chi connectivity index (χ0n) is 11.8.